The summed E-state index contributed by atoms with van der Waals surface area (Å²) in [6, 6.07) is 7.81. The van der Waals surface area contributed by atoms with E-state index in [4.69, 9.17) is 5.73 Å². The van der Waals surface area contributed by atoms with Crippen LogP contribution in [0.5, 0.6) is 0 Å². The highest BCUT2D eigenvalue weighted by atomic mass is 32.2. The van der Waals surface area contributed by atoms with E-state index in [9.17, 15) is 4.79 Å². The molecule has 126 valence electrons. The van der Waals surface area contributed by atoms with Gasteiger partial charge in [0.05, 0.1) is 6.54 Å². The molecule has 0 heterocycles. The highest BCUT2D eigenvalue weighted by molar-refractivity contribution is 7.99. The van der Waals surface area contributed by atoms with Crippen molar-refractivity contribution in [3.63, 3.8) is 0 Å². The summed E-state index contributed by atoms with van der Waals surface area (Å²) in [6.45, 7) is 3.41. The number of guanidine groups is 1. The van der Waals surface area contributed by atoms with E-state index >= 15 is 0 Å². The lowest BCUT2D eigenvalue weighted by Gasteiger charge is -2.17. The number of carbonyl (C=O) groups is 1. The van der Waals surface area contributed by atoms with Crippen LogP contribution in [-0.2, 0) is 6.54 Å². The van der Waals surface area contributed by atoms with Gasteiger partial charge in [0.25, 0.3) is 0 Å². The number of nitrogens with zero attached hydrogens (tertiary/aromatic N) is 1. The van der Waals surface area contributed by atoms with Gasteiger partial charge < -0.3 is 16.4 Å². The van der Waals surface area contributed by atoms with Crippen molar-refractivity contribution in [3.8, 4) is 0 Å². The molecule has 0 bridgehead atoms. The van der Waals surface area contributed by atoms with E-state index in [1.54, 1.807) is 12.1 Å². The molecular formula is C17H26N4OS. The molecule has 1 aliphatic rings. The van der Waals surface area contributed by atoms with Gasteiger partial charge in [0.15, 0.2) is 5.96 Å². The molecule has 2 atom stereocenters. The zero-order valence-electron chi connectivity index (χ0n) is 13.8. The maximum atomic E-state index is 11.2. The largest absolute Gasteiger partial charge is 0.366 e. The fraction of sp³-hybridized carbons (Fsp3) is 0.529. The predicted octanol–water partition coefficient (Wildman–Crippen LogP) is 2.12. The standard InChI is InChI=1S/C17H26N4OS/c1-3-19-17(21-14-7-8-15(10-14)23-2)20-11-12-5-4-6-13(9-12)16(18)22/h4-6,9,14-15H,3,7-8,10-11H2,1-2H3,(H2,18,22)(H2,19,20,21). The van der Waals surface area contributed by atoms with Gasteiger partial charge in [0.2, 0.25) is 5.91 Å². The van der Waals surface area contributed by atoms with E-state index in [-0.39, 0.29) is 0 Å². The van der Waals surface area contributed by atoms with E-state index in [0.717, 1.165) is 23.3 Å². The Balaban J connectivity index is 1.98. The molecule has 0 radical (unpaired) electrons. The number of hydrogen-bond donors (Lipinski definition) is 3. The molecular weight excluding hydrogens is 308 g/mol. The first-order valence-corrected chi connectivity index (χ1v) is 9.37. The van der Waals surface area contributed by atoms with Crippen molar-refractivity contribution in [2.45, 2.75) is 44.0 Å². The van der Waals surface area contributed by atoms with Gasteiger partial charge >= 0.3 is 0 Å². The van der Waals surface area contributed by atoms with Crippen LogP contribution in [-0.4, -0.2) is 36.0 Å². The number of aliphatic imine (C=N–C) groups is 1. The average molecular weight is 334 g/mol. The van der Waals surface area contributed by atoms with Gasteiger partial charge in [0.1, 0.15) is 0 Å². The summed E-state index contributed by atoms with van der Waals surface area (Å²) in [5.74, 6) is 0.429. The number of thioether (sulfide) groups is 1. The Morgan fingerprint density at radius 1 is 1.43 bits per heavy atom. The molecule has 0 aliphatic heterocycles. The van der Waals surface area contributed by atoms with Gasteiger partial charge in [-0.2, -0.15) is 11.8 Å². The van der Waals surface area contributed by atoms with Crippen molar-refractivity contribution in [3.05, 3.63) is 35.4 Å². The maximum Gasteiger partial charge on any atom is 0.248 e. The van der Waals surface area contributed by atoms with E-state index in [1.165, 1.54) is 19.3 Å². The first-order valence-electron chi connectivity index (χ1n) is 8.08. The van der Waals surface area contributed by atoms with Crippen LogP contribution in [0, 0.1) is 0 Å². The highest BCUT2D eigenvalue weighted by Crippen LogP contribution is 2.28. The molecule has 0 spiro atoms. The second kappa shape index (κ2) is 8.82. The maximum absolute atomic E-state index is 11.2. The van der Waals surface area contributed by atoms with E-state index in [0.29, 0.717) is 18.2 Å². The number of nitrogens with one attached hydrogen (secondary N) is 2. The Labute approximate surface area is 142 Å². The van der Waals surface area contributed by atoms with E-state index in [2.05, 4.69) is 28.8 Å². The number of nitrogens with two attached hydrogens (primary N) is 1. The summed E-state index contributed by atoms with van der Waals surface area (Å²) < 4.78 is 0. The fourth-order valence-electron chi connectivity index (χ4n) is 2.79. The van der Waals surface area contributed by atoms with Crippen LogP contribution in [0.15, 0.2) is 29.3 Å². The summed E-state index contributed by atoms with van der Waals surface area (Å²) >= 11 is 1.95. The zero-order valence-corrected chi connectivity index (χ0v) is 14.7. The molecule has 0 saturated heterocycles. The third-order valence-electron chi connectivity index (χ3n) is 4.03. The topological polar surface area (TPSA) is 79.5 Å². The lowest BCUT2D eigenvalue weighted by atomic mass is 10.1. The third kappa shape index (κ3) is 5.46. The Hall–Kier alpha value is -1.69. The van der Waals surface area contributed by atoms with Gasteiger partial charge in [-0.15, -0.1) is 0 Å². The number of amides is 1. The van der Waals surface area contributed by atoms with Crippen LogP contribution in [0.3, 0.4) is 0 Å². The first-order chi connectivity index (χ1) is 11.1. The van der Waals surface area contributed by atoms with Crippen molar-refractivity contribution in [1.29, 1.82) is 0 Å². The van der Waals surface area contributed by atoms with Crippen LogP contribution in [0.4, 0.5) is 0 Å². The van der Waals surface area contributed by atoms with Crippen LogP contribution in [0.2, 0.25) is 0 Å². The molecule has 0 aromatic heterocycles. The monoisotopic (exact) mass is 334 g/mol. The molecule has 1 aliphatic carbocycles. The quantitative estimate of drug-likeness (QED) is 0.550. The number of primary amides is 1. The molecule has 1 aromatic rings. The molecule has 6 heteroatoms. The van der Waals surface area contributed by atoms with Gasteiger partial charge in [0, 0.05) is 23.4 Å². The smallest absolute Gasteiger partial charge is 0.248 e. The van der Waals surface area contributed by atoms with Gasteiger partial charge in [-0.3, -0.25) is 4.79 Å². The van der Waals surface area contributed by atoms with Crippen molar-refractivity contribution in [2.75, 3.05) is 12.8 Å². The van der Waals surface area contributed by atoms with Gasteiger partial charge in [-0.05, 0) is 50.1 Å². The van der Waals surface area contributed by atoms with E-state index in [1.807, 2.05) is 23.9 Å². The van der Waals surface area contributed by atoms with Crippen LogP contribution in [0.25, 0.3) is 0 Å². The Bertz CT molecular complexity index is 561. The average Bonchev–Trinajstić information content (AvgIpc) is 3.01. The lowest BCUT2D eigenvalue weighted by Crippen LogP contribution is -2.42. The van der Waals surface area contributed by atoms with Crippen LogP contribution >= 0.6 is 11.8 Å². The number of carbonyl (C=O) groups excluding carboxylic acids is 1. The van der Waals surface area contributed by atoms with Crippen LogP contribution < -0.4 is 16.4 Å². The first kappa shape index (κ1) is 17.7. The number of benzene rings is 1. The summed E-state index contributed by atoms with van der Waals surface area (Å²) in [4.78, 5) is 15.9. The number of rotatable bonds is 6. The van der Waals surface area contributed by atoms with Crippen LogP contribution in [0.1, 0.15) is 42.1 Å². The number of hydrogen-bond acceptors (Lipinski definition) is 3. The molecule has 1 aromatic carbocycles. The minimum absolute atomic E-state index is 0.407. The second-order valence-electron chi connectivity index (χ2n) is 5.77. The molecule has 2 rings (SSSR count). The van der Waals surface area contributed by atoms with Crippen molar-refractivity contribution in [2.24, 2.45) is 10.7 Å². The molecule has 2 unspecified atom stereocenters. The minimum Gasteiger partial charge on any atom is -0.366 e. The van der Waals surface area contributed by atoms with E-state index < -0.39 is 5.91 Å². The summed E-state index contributed by atoms with van der Waals surface area (Å²) in [5.41, 5.74) is 6.82. The summed E-state index contributed by atoms with van der Waals surface area (Å²) in [7, 11) is 0. The SMILES string of the molecule is CCNC(=NCc1cccc(C(N)=O)c1)NC1CCC(SC)C1. The van der Waals surface area contributed by atoms with Gasteiger partial charge in [-0.1, -0.05) is 12.1 Å². The minimum atomic E-state index is -0.407. The Kier molecular flexibility index (Phi) is 6.77. The summed E-state index contributed by atoms with van der Waals surface area (Å²) in [6.07, 6.45) is 5.81. The third-order valence-corrected chi connectivity index (χ3v) is 5.13. The zero-order chi connectivity index (χ0) is 16.7. The molecule has 1 amide bonds. The van der Waals surface area contributed by atoms with Gasteiger partial charge in [-0.25, -0.2) is 4.99 Å². The highest BCUT2D eigenvalue weighted by Gasteiger charge is 2.24. The van der Waals surface area contributed by atoms with Crippen molar-refractivity contribution >= 4 is 23.6 Å². The predicted molar refractivity (Wildman–Crippen MR) is 97.9 cm³/mol. The van der Waals surface area contributed by atoms with Crippen molar-refractivity contribution < 1.29 is 4.79 Å². The molecule has 4 N–H and O–H groups in total. The lowest BCUT2D eigenvalue weighted by molar-refractivity contribution is 0.1000. The fourth-order valence-corrected chi connectivity index (χ4v) is 3.59. The second-order valence-corrected chi connectivity index (χ2v) is 6.91. The molecule has 23 heavy (non-hydrogen) atoms. The Morgan fingerprint density at radius 3 is 2.91 bits per heavy atom. The molecule has 1 saturated carbocycles. The molecule has 1 fully saturated rings. The Morgan fingerprint density at radius 2 is 2.26 bits per heavy atom. The normalized spacial score (nSPS) is 21.2. The summed E-state index contributed by atoms with van der Waals surface area (Å²) in [5, 5.41) is 7.57. The molecule has 5 nitrogen and oxygen atoms in total. The van der Waals surface area contributed by atoms with Crippen molar-refractivity contribution in [1.82, 2.24) is 10.6 Å².